The molecule has 0 rings (SSSR count). The van der Waals surface area contributed by atoms with E-state index in [1.54, 1.807) is 0 Å². The molecule has 0 radical (unpaired) electrons. The van der Waals surface area contributed by atoms with Gasteiger partial charge < -0.3 is 16.0 Å². The van der Waals surface area contributed by atoms with Crippen molar-refractivity contribution >= 4 is 0 Å². The van der Waals surface area contributed by atoms with Crippen molar-refractivity contribution in [2.75, 3.05) is 39.8 Å². The van der Waals surface area contributed by atoms with E-state index in [9.17, 15) is 0 Å². The summed E-state index contributed by atoms with van der Waals surface area (Å²) in [6.45, 7) is 7.88. The molecule has 3 N–H and O–H groups in total. The summed E-state index contributed by atoms with van der Waals surface area (Å²) in [5, 5.41) is 9.94. The van der Waals surface area contributed by atoms with Gasteiger partial charge in [-0.15, -0.1) is 0 Å². The molecule has 0 aliphatic rings. The largest absolute Gasteiger partial charge is 0.320 e. The molecule has 0 amide bonds. The van der Waals surface area contributed by atoms with Crippen LogP contribution >= 0.6 is 0 Å². The molecule has 3 heteroatoms. The van der Waals surface area contributed by atoms with E-state index in [0.717, 1.165) is 32.7 Å². The molecule has 0 atom stereocenters. The van der Waals surface area contributed by atoms with Gasteiger partial charge in [-0.3, -0.25) is 0 Å². The predicted octanol–water partition coefficient (Wildman–Crippen LogP) is 0.575. The Labute approximate surface area is 82.7 Å². The fraction of sp³-hybridized carbons (Fsp3) is 1.00. The van der Waals surface area contributed by atoms with Gasteiger partial charge in [0, 0.05) is 0 Å². The third-order valence-electron chi connectivity index (χ3n) is 1.91. The van der Waals surface area contributed by atoms with Gasteiger partial charge in [0.05, 0.1) is 0 Å². The van der Waals surface area contributed by atoms with Crippen LogP contribution in [-0.4, -0.2) is 39.8 Å². The lowest BCUT2D eigenvalue weighted by Crippen LogP contribution is -2.24. The van der Waals surface area contributed by atoms with Gasteiger partial charge in [-0.05, 0) is 59.0 Å². The maximum absolute atomic E-state index is 3.42. The SMILES string of the molecule is CCCNCCCNCCCNC. The Balaban J connectivity index is 2.76. The Bertz CT molecular complexity index is 76.2. The van der Waals surface area contributed by atoms with Gasteiger partial charge in [0.2, 0.25) is 0 Å². The second-order valence-electron chi connectivity index (χ2n) is 3.31. The van der Waals surface area contributed by atoms with Crippen molar-refractivity contribution in [2.45, 2.75) is 26.2 Å². The number of hydrogen-bond donors (Lipinski definition) is 3. The summed E-state index contributed by atoms with van der Waals surface area (Å²) in [6.07, 6.45) is 3.69. The van der Waals surface area contributed by atoms with Crippen LogP contribution in [0.1, 0.15) is 26.2 Å². The highest BCUT2D eigenvalue weighted by Gasteiger charge is 1.88. The predicted molar refractivity (Wildman–Crippen MR) is 59.2 cm³/mol. The molecule has 0 spiro atoms. The first kappa shape index (κ1) is 12.9. The van der Waals surface area contributed by atoms with Crippen molar-refractivity contribution in [3.63, 3.8) is 0 Å². The zero-order valence-corrected chi connectivity index (χ0v) is 9.16. The van der Waals surface area contributed by atoms with E-state index in [4.69, 9.17) is 0 Å². The molecule has 80 valence electrons. The van der Waals surface area contributed by atoms with Crippen LogP contribution < -0.4 is 16.0 Å². The second-order valence-corrected chi connectivity index (χ2v) is 3.31. The van der Waals surface area contributed by atoms with E-state index in [1.165, 1.54) is 19.3 Å². The summed E-state index contributed by atoms with van der Waals surface area (Å²) in [7, 11) is 1.99. The summed E-state index contributed by atoms with van der Waals surface area (Å²) in [5.41, 5.74) is 0. The molecule has 13 heavy (non-hydrogen) atoms. The highest BCUT2D eigenvalue weighted by atomic mass is 14.9. The third-order valence-corrected chi connectivity index (χ3v) is 1.91. The first-order valence-corrected chi connectivity index (χ1v) is 5.47. The molecule has 0 aromatic heterocycles. The normalized spacial score (nSPS) is 10.6. The number of nitrogens with one attached hydrogen (secondary N) is 3. The molecule has 0 unspecified atom stereocenters. The van der Waals surface area contributed by atoms with E-state index in [2.05, 4.69) is 22.9 Å². The third kappa shape index (κ3) is 11.9. The molecule has 0 heterocycles. The Morgan fingerprint density at radius 3 is 1.85 bits per heavy atom. The lowest BCUT2D eigenvalue weighted by molar-refractivity contribution is 0.575. The van der Waals surface area contributed by atoms with Gasteiger partial charge in [0.25, 0.3) is 0 Å². The van der Waals surface area contributed by atoms with E-state index < -0.39 is 0 Å². The fourth-order valence-electron chi connectivity index (χ4n) is 1.16. The van der Waals surface area contributed by atoms with Crippen LogP contribution in [0.3, 0.4) is 0 Å². The van der Waals surface area contributed by atoms with E-state index in [1.807, 2.05) is 7.05 Å². The fourth-order valence-corrected chi connectivity index (χ4v) is 1.16. The first-order chi connectivity index (χ1) is 6.41. The van der Waals surface area contributed by atoms with Gasteiger partial charge in [-0.2, -0.15) is 0 Å². The molecular weight excluding hydrogens is 162 g/mol. The Morgan fingerprint density at radius 2 is 1.31 bits per heavy atom. The van der Waals surface area contributed by atoms with Gasteiger partial charge in [0.15, 0.2) is 0 Å². The maximum atomic E-state index is 3.42. The summed E-state index contributed by atoms with van der Waals surface area (Å²) >= 11 is 0. The average Bonchev–Trinajstić information content (AvgIpc) is 2.16. The molecule has 0 saturated carbocycles. The Hall–Kier alpha value is -0.120. The number of hydrogen-bond acceptors (Lipinski definition) is 3. The molecular formula is C10H25N3. The molecule has 0 fully saturated rings. The monoisotopic (exact) mass is 187 g/mol. The zero-order chi connectivity index (χ0) is 9.78. The van der Waals surface area contributed by atoms with Crippen LogP contribution in [0, 0.1) is 0 Å². The molecule has 0 aliphatic heterocycles. The zero-order valence-electron chi connectivity index (χ0n) is 9.16. The van der Waals surface area contributed by atoms with E-state index >= 15 is 0 Å². The van der Waals surface area contributed by atoms with E-state index in [-0.39, 0.29) is 0 Å². The van der Waals surface area contributed by atoms with E-state index in [0.29, 0.717) is 0 Å². The van der Waals surface area contributed by atoms with Crippen LogP contribution in [0.2, 0.25) is 0 Å². The topological polar surface area (TPSA) is 36.1 Å². The molecule has 0 aromatic rings. The van der Waals surface area contributed by atoms with Gasteiger partial charge >= 0.3 is 0 Å². The lowest BCUT2D eigenvalue weighted by atomic mass is 10.3. The number of rotatable bonds is 10. The summed E-state index contributed by atoms with van der Waals surface area (Å²) in [5.74, 6) is 0. The molecule has 0 saturated heterocycles. The van der Waals surface area contributed by atoms with Crippen LogP contribution in [-0.2, 0) is 0 Å². The second kappa shape index (κ2) is 11.9. The molecule has 3 nitrogen and oxygen atoms in total. The summed E-state index contributed by atoms with van der Waals surface area (Å²) in [6, 6.07) is 0. The quantitative estimate of drug-likeness (QED) is 0.438. The average molecular weight is 187 g/mol. The summed E-state index contributed by atoms with van der Waals surface area (Å²) in [4.78, 5) is 0. The van der Waals surface area contributed by atoms with Crippen molar-refractivity contribution in [1.82, 2.24) is 16.0 Å². The minimum Gasteiger partial charge on any atom is -0.320 e. The van der Waals surface area contributed by atoms with Gasteiger partial charge in [0.1, 0.15) is 0 Å². The molecule has 0 aromatic carbocycles. The van der Waals surface area contributed by atoms with Crippen molar-refractivity contribution < 1.29 is 0 Å². The molecule has 0 aliphatic carbocycles. The standard InChI is InChI=1S/C10H25N3/c1-3-6-12-9-5-10-13-8-4-7-11-2/h11-13H,3-10H2,1-2H3. The first-order valence-electron chi connectivity index (χ1n) is 5.47. The van der Waals surface area contributed by atoms with Crippen LogP contribution in [0.5, 0.6) is 0 Å². The maximum Gasteiger partial charge on any atom is -0.00368 e. The van der Waals surface area contributed by atoms with Crippen molar-refractivity contribution in [3.8, 4) is 0 Å². The van der Waals surface area contributed by atoms with Gasteiger partial charge in [-0.25, -0.2) is 0 Å². The van der Waals surface area contributed by atoms with Gasteiger partial charge in [-0.1, -0.05) is 6.92 Å². The van der Waals surface area contributed by atoms with Crippen LogP contribution in [0.25, 0.3) is 0 Å². The van der Waals surface area contributed by atoms with Crippen LogP contribution in [0.15, 0.2) is 0 Å². The Morgan fingerprint density at radius 1 is 0.769 bits per heavy atom. The highest BCUT2D eigenvalue weighted by molar-refractivity contribution is 4.52. The minimum absolute atomic E-state index is 1.11. The van der Waals surface area contributed by atoms with Crippen molar-refractivity contribution in [1.29, 1.82) is 0 Å². The molecule has 0 bridgehead atoms. The van der Waals surface area contributed by atoms with Crippen molar-refractivity contribution in [3.05, 3.63) is 0 Å². The smallest absolute Gasteiger partial charge is 0.00368 e. The highest BCUT2D eigenvalue weighted by Crippen LogP contribution is 1.77. The summed E-state index contributed by atoms with van der Waals surface area (Å²) < 4.78 is 0. The minimum atomic E-state index is 1.11. The van der Waals surface area contributed by atoms with Crippen molar-refractivity contribution in [2.24, 2.45) is 0 Å². The Kier molecular flexibility index (Phi) is 11.8. The van der Waals surface area contributed by atoms with Crippen LogP contribution in [0.4, 0.5) is 0 Å². The lowest BCUT2D eigenvalue weighted by Gasteiger charge is -2.05.